The van der Waals surface area contributed by atoms with Gasteiger partial charge >= 0.3 is 0 Å². The number of carbonyl (C=O) groups excluding carboxylic acids is 1. The number of carbonyl (C=O) groups is 1. The molecule has 0 spiro atoms. The molecule has 0 atom stereocenters. The van der Waals surface area contributed by atoms with Crippen molar-refractivity contribution in [2.75, 3.05) is 12.8 Å². The van der Waals surface area contributed by atoms with Gasteiger partial charge < -0.3 is 20.9 Å². The number of amides is 1. The van der Waals surface area contributed by atoms with Gasteiger partial charge in [0, 0.05) is 6.07 Å². The molecule has 1 aromatic heterocycles. The predicted octanol–water partition coefficient (Wildman–Crippen LogP) is 1.35. The van der Waals surface area contributed by atoms with E-state index in [2.05, 4.69) is 4.98 Å². The van der Waals surface area contributed by atoms with E-state index >= 15 is 0 Å². The first-order valence-corrected chi connectivity index (χ1v) is 5.91. The van der Waals surface area contributed by atoms with Gasteiger partial charge in [0.25, 0.3) is 5.91 Å². The topological polar surface area (TPSA) is 100 Å². The number of nitrogen functional groups attached to an aromatic ring is 1. The van der Waals surface area contributed by atoms with Crippen molar-refractivity contribution in [1.29, 1.82) is 0 Å². The van der Waals surface area contributed by atoms with Crippen LogP contribution < -0.4 is 20.9 Å². The third-order valence-corrected chi connectivity index (χ3v) is 2.72. The van der Waals surface area contributed by atoms with Gasteiger partial charge in [-0.2, -0.15) is 0 Å². The minimum atomic E-state index is -0.612. The Labute approximate surface area is 116 Å². The molecule has 1 amide bonds. The Morgan fingerprint density at radius 2 is 2.00 bits per heavy atom. The molecule has 2 aromatic rings. The number of nitrogens with two attached hydrogens (primary N) is 2. The Bertz CT molecular complexity index is 612. The van der Waals surface area contributed by atoms with Crippen LogP contribution in [-0.2, 0) is 6.61 Å². The Hall–Kier alpha value is -2.76. The molecule has 2 rings (SSSR count). The van der Waals surface area contributed by atoms with Crippen LogP contribution in [0.25, 0.3) is 0 Å². The molecule has 1 aromatic carbocycles. The number of methoxy groups -OCH3 is 1. The smallest absolute Gasteiger partial charge is 0.251 e. The fourth-order valence-electron chi connectivity index (χ4n) is 1.62. The SMILES string of the molecule is COc1ccc(COc2cc(C(N)=O)c(N)cn2)cc1. The van der Waals surface area contributed by atoms with E-state index in [1.54, 1.807) is 7.11 Å². The molecule has 104 valence electrons. The summed E-state index contributed by atoms with van der Waals surface area (Å²) in [5, 5.41) is 0. The van der Waals surface area contributed by atoms with Crippen molar-refractivity contribution in [3.63, 3.8) is 0 Å². The van der Waals surface area contributed by atoms with Gasteiger partial charge in [-0.1, -0.05) is 12.1 Å². The number of primary amides is 1. The van der Waals surface area contributed by atoms with Gasteiger partial charge in [0.1, 0.15) is 12.4 Å². The number of aromatic nitrogens is 1. The van der Waals surface area contributed by atoms with Gasteiger partial charge in [-0.25, -0.2) is 4.98 Å². The summed E-state index contributed by atoms with van der Waals surface area (Å²) < 4.78 is 10.6. The van der Waals surface area contributed by atoms with Crippen LogP contribution in [0.4, 0.5) is 5.69 Å². The van der Waals surface area contributed by atoms with E-state index in [1.807, 2.05) is 24.3 Å². The first-order valence-electron chi connectivity index (χ1n) is 5.91. The molecular formula is C14H15N3O3. The van der Waals surface area contributed by atoms with E-state index in [4.69, 9.17) is 20.9 Å². The molecular weight excluding hydrogens is 258 g/mol. The van der Waals surface area contributed by atoms with Crippen LogP contribution >= 0.6 is 0 Å². The number of nitrogens with zero attached hydrogens (tertiary/aromatic N) is 1. The number of pyridine rings is 1. The number of rotatable bonds is 5. The van der Waals surface area contributed by atoms with Crippen molar-refractivity contribution < 1.29 is 14.3 Å². The van der Waals surface area contributed by atoms with E-state index in [0.717, 1.165) is 11.3 Å². The maximum atomic E-state index is 11.2. The summed E-state index contributed by atoms with van der Waals surface area (Å²) in [4.78, 5) is 15.2. The van der Waals surface area contributed by atoms with Crippen molar-refractivity contribution >= 4 is 11.6 Å². The van der Waals surface area contributed by atoms with Crippen LogP contribution in [0.15, 0.2) is 36.5 Å². The second-order valence-electron chi connectivity index (χ2n) is 4.11. The molecule has 0 aliphatic heterocycles. The van der Waals surface area contributed by atoms with E-state index in [-0.39, 0.29) is 11.3 Å². The number of hydrogen-bond donors (Lipinski definition) is 2. The summed E-state index contributed by atoms with van der Waals surface area (Å²) in [6.07, 6.45) is 1.35. The second kappa shape index (κ2) is 5.92. The van der Waals surface area contributed by atoms with Crippen molar-refractivity contribution in [1.82, 2.24) is 4.98 Å². The average molecular weight is 273 g/mol. The van der Waals surface area contributed by atoms with Gasteiger partial charge in [-0.15, -0.1) is 0 Å². The van der Waals surface area contributed by atoms with Crippen molar-refractivity contribution in [3.05, 3.63) is 47.7 Å². The number of benzene rings is 1. The summed E-state index contributed by atoms with van der Waals surface area (Å²) in [7, 11) is 1.61. The lowest BCUT2D eigenvalue weighted by Gasteiger charge is -2.08. The molecule has 0 fully saturated rings. The number of ether oxygens (including phenoxy) is 2. The van der Waals surface area contributed by atoms with E-state index < -0.39 is 5.91 Å². The maximum Gasteiger partial charge on any atom is 0.251 e. The standard InChI is InChI=1S/C14H15N3O3/c1-19-10-4-2-9(3-5-10)8-20-13-6-11(14(16)18)12(15)7-17-13/h2-7H,8,15H2,1H3,(H2,16,18). The first-order chi connectivity index (χ1) is 9.60. The largest absolute Gasteiger partial charge is 0.497 e. The fourth-order valence-corrected chi connectivity index (χ4v) is 1.62. The highest BCUT2D eigenvalue weighted by Gasteiger charge is 2.08. The molecule has 0 unspecified atom stereocenters. The van der Waals surface area contributed by atoms with Crippen LogP contribution in [0.5, 0.6) is 11.6 Å². The molecule has 0 saturated heterocycles. The summed E-state index contributed by atoms with van der Waals surface area (Å²) in [5.41, 5.74) is 12.2. The minimum Gasteiger partial charge on any atom is -0.497 e. The molecule has 0 aliphatic rings. The Kier molecular flexibility index (Phi) is 4.05. The normalized spacial score (nSPS) is 10.1. The van der Waals surface area contributed by atoms with Crippen molar-refractivity contribution in [2.45, 2.75) is 6.61 Å². The van der Waals surface area contributed by atoms with E-state index in [9.17, 15) is 4.79 Å². The van der Waals surface area contributed by atoms with Gasteiger partial charge in [0.05, 0.1) is 24.6 Å². The lowest BCUT2D eigenvalue weighted by atomic mass is 10.2. The number of hydrogen-bond acceptors (Lipinski definition) is 5. The molecule has 0 aliphatic carbocycles. The molecule has 0 saturated carbocycles. The molecule has 0 bridgehead atoms. The highest BCUT2D eigenvalue weighted by atomic mass is 16.5. The highest BCUT2D eigenvalue weighted by Crippen LogP contribution is 2.18. The van der Waals surface area contributed by atoms with Crippen LogP contribution in [0.2, 0.25) is 0 Å². The zero-order chi connectivity index (χ0) is 14.5. The third-order valence-electron chi connectivity index (χ3n) is 2.72. The summed E-state index contributed by atoms with van der Waals surface area (Å²) in [5.74, 6) is 0.457. The van der Waals surface area contributed by atoms with Crippen molar-refractivity contribution in [2.24, 2.45) is 5.73 Å². The molecule has 4 N–H and O–H groups in total. The van der Waals surface area contributed by atoms with Crippen LogP contribution in [-0.4, -0.2) is 18.0 Å². The highest BCUT2D eigenvalue weighted by molar-refractivity contribution is 5.97. The van der Waals surface area contributed by atoms with Gasteiger partial charge in [-0.05, 0) is 17.7 Å². The van der Waals surface area contributed by atoms with Gasteiger partial charge in [0.15, 0.2) is 0 Å². The third kappa shape index (κ3) is 3.17. The second-order valence-corrected chi connectivity index (χ2v) is 4.11. The molecule has 20 heavy (non-hydrogen) atoms. The Morgan fingerprint density at radius 1 is 1.30 bits per heavy atom. The lowest BCUT2D eigenvalue weighted by Crippen LogP contribution is -2.14. The molecule has 0 radical (unpaired) electrons. The summed E-state index contributed by atoms with van der Waals surface area (Å²) in [6, 6.07) is 8.87. The first kappa shape index (κ1) is 13.7. The molecule has 6 nitrogen and oxygen atoms in total. The number of anilines is 1. The van der Waals surface area contributed by atoms with E-state index in [0.29, 0.717) is 12.5 Å². The zero-order valence-electron chi connectivity index (χ0n) is 11.0. The summed E-state index contributed by atoms with van der Waals surface area (Å²) in [6.45, 7) is 0.319. The average Bonchev–Trinajstić information content (AvgIpc) is 2.46. The maximum absolute atomic E-state index is 11.2. The van der Waals surface area contributed by atoms with Gasteiger partial charge in [0.2, 0.25) is 5.88 Å². The monoisotopic (exact) mass is 273 g/mol. The Morgan fingerprint density at radius 3 is 2.60 bits per heavy atom. The van der Waals surface area contributed by atoms with Crippen LogP contribution in [0.3, 0.4) is 0 Å². The van der Waals surface area contributed by atoms with Gasteiger partial charge in [-0.3, -0.25) is 4.79 Å². The van der Waals surface area contributed by atoms with Crippen LogP contribution in [0, 0.1) is 0 Å². The zero-order valence-corrected chi connectivity index (χ0v) is 11.0. The summed E-state index contributed by atoms with van der Waals surface area (Å²) >= 11 is 0. The molecule has 6 heteroatoms. The quantitative estimate of drug-likeness (QED) is 0.856. The lowest BCUT2D eigenvalue weighted by molar-refractivity contribution is 0.100. The van der Waals surface area contributed by atoms with Crippen LogP contribution in [0.1, 0.15) is 15.9 Å². The Balaban J connectivity index is 2.06. The molecule has 1 heterocycles. The predicted molar refractivity (Wildman–Crippen MR) is 74.5 cm³/mol. The minimum absolute atomic E-state index is 0.199. The van der Waals surface area contributed by atoms with Crippen molar-refractivity contribution in [3.8, 4) is 11.6 Å². The fraction of sp³-hybridized carbons (Fsp3) is 0.143. The van der Waals surface area contributed by atoms with E-state index in [1.165, 1.54) is 12.3 Å².